The molecule has 10 nitrogen and oxygen atoms in total. The lowest BCUT2D eigenvalue weighted by molar-refractivity contribution is -0.120. The Kier molecular flexibility index (Phi) is 6.38. The number of amides is 1. The molecule has 1 aliphatic rings. The number of sulfonamides is 1. The number of benzene rings is 2. The van der Waals surface area contributed by atoms with Crippen LogP contribution in [0, 0.1) is 18.7 Å². The largest absolute Gasteiger partial charge is 0.497 e. The third-order valence-corrected chi connectivity index (χ3v) is 7.51. The second-order valence-corrected chi connectivity index (χ2v) is 9.58. The van der Waals surface area contributed by atoms with Gasteiger partial charge in [-0.2, -0.15) is 8.99 Å². The number of methoxy groups -OCH3 is 1. The first-order valence-corrected chi connectivity index (χ1v) is 11.7. The van der Waals surface area contributed by atoms with E-state index >= 15 is 0 Å². The van der Waals surface area contributed by atoms with Gasteiger partial charge in [0.2, 0.25) is 15.9 Å². The molecule has 0 radical (unpaired) electrons. The molecule has 0 bridgehead atoms. The van der Waals surface area contributed by atoms with E-state index in [0.717, 1.165) is 0 Å². The van der Waals surface area contributed by atoms with Crippen LogP contribution in [0.3, 0.4) is 0 Å². The fraction of sp³-hybridized carbons (Fsp3) is 0.333. The summed E-state index contributed by atoms with van der Waals surface area (Å²) in [5.74, 6) is -0.302. The summed E-state index contributed by atoms with van der Waals surface area (Å²) >= 11 is 0. The molecule has 2 heterocycles. The van der Waals surface area contributed by atoms with E-state index in [1.807, 2.05) is 0 Å². The summed E-state index contributed by atoms with van der Waals surface area (Å²) in [5, 5.41) is 13.8. The van der Waals surface area contributed by atoms with E-state index in [1.54, 1.807) is 19.1 Å². The summed E-state index contributed by atoms with van der Waals surface area (Å²) < 4.78 is 48.0. The van der Waals surface area contributed by atoms with Gasteiger partial charge >= 0.3 is 0 Å². The lowest BCUT2D eigenvalue weighted by Gasteiger charge is -2.30. The summed E-state index contributed by atoms with van der Waals surface area (Å²) in [5.41, 5.74) is 0.523. The Bertz CT molecular complexity index is 1250. The van der Waals surface area contributed by atoms with Crippen LogP contribution in [0.1, 0.15) is 18.7 Å². The van der Waals surface area contributed by atoms with Crippen LogP contribution in [0.4, 0.5) is 10.1 Å². The minimum atomic E-state index is -3.67. The van der Waals surface area contributed by atoms with Crippen molar-refractivity contribution in [3.63, 3.8) is 0 Å². The zero-order chi connectivity index (χ0) is 23.6. The number of hydrogen-bond acceptors (Lipinski definition) is 7. The molecule has 12 heteroatoms. The molecule has 0 unspecified atom stereocenters. The second kappa shape index (κ2) is 9.24. The fourth-order valence-electron chi connectivity index (χ4n) is 3.70. The van der Waals surface area contributed by atoms with Crippen LogP contribution in [-0.4, -0.2) is 59.0 Å². The maximum absolute atomic E-state index is 14.3. The highest BCUT2D eigenvalue weighted by Crippen LogP contribution is 2.27. The number of ether oxygens (including phenoxy) is 1. The maximum Gasteiger partial charge on any atom is 0.243 e. The molecule has 0 spiro atoms. The second-order valence-electron chi connectivity index (χ2n) is 7.65. The van der Waals surface area contributed by atoms with Crippen molar-refractivity contribution < 1.29 is 22.3 Å². The molecule has 33 heavy (non-hydrogen) atoms. The lowest BCUT2D eigenvalue weighted by Crippen LogP contribution is -2.41. The number of carbonyl (C=O) groups is 1. The van der Waals surface area contributed by atoms with Gasteiger partial charge in [-0.3, -0.25) is 4.79 Å². The maximum atomic E-state index is 14.3. The molecule has 4 rings (SSSR count). The minimum absolute atomic E-state index is 0.0145. The SMILES string of the molecule is COc1ccc(S(=O)(=O)N2CCC(C(=O)Nc3cc(-n4nnnc4C)ccc3F)CC2)cc1. The molecule has 0 saturated carbocycles. The van der Waals surface area contributed by atoms with Crippen LogP contribution in [0.25, 0.3) is 5.69 Å². The molecule has 1 amide bonds. The average molecular weight is 475 g/mol. The van der Waals surface area contributed by atoms with Gasteiger partial charge in [-0.1, -0.05) is 0 Å². The van der Waals surface area contributed by atoms with Crippen molar-refractivity contribution in [2.45, 2.75) is 24.7 Å². The molecule has 174 valence electrons. The number of hydrogen-bond donors (Lipinski definition) is 1. The Balaban J connectivity index is 1.41. The van der Waals surface area contributed by atoms with Gasteiger partial charge in [-0.15, -0.1) is 5.10 Å². The van der Waals surface area contributed by atoms with Gasteiger partial charge in [0.15, 0.2) is 5.82 Å². The number of halogens is 1. The van der Waals surface area contributed by atoms with Gasteiger partial charge in [0.1, 0.15) is 11.6 Å². The fourth-order valence-corrected chi connectivity index (χ4v) is 5.17. The topological polar surface area (TPSA) is 119 Å². The van der Waals surface area contributed by atoms with E-state index in [1.165, 1.54) is 46.4 Å². The van der Waals surface area contributed by atoms with Gasteiger partial charge in [0.25, 0.3) is 0 Å². The molecule has 0 atom stereocenters. The van der Waals surface area contributed by atoms with Crippen LogP contribution in [0.15, 0.2) is 47.4 Å². The summed E-state index contributed by atoms with van der Waals surface area (Å²) in [6.45, 7) is 2.09. The number of carbonyl (C=O) groups excluding carboxylic acids is 1. The van der Waals surface area contributed by atoms with Crippen molar-refractivity contribution in [1.29, 1.82) is 0 Å². The number of aryl methyl sites for hydroxylation is 1. The molecule has 2 aromatic carbocycles. The van der Waals surface area contributed by atoms with Crippen LogP contribution < -0.4 is 10.1 Å². The van der Waals surface area contributed by atoms with E-state index in [2.05, 4.69) is 20.8 Å². The first kappa shape index (κ1) is 22.8. The smallest absolute Gasteiger partial charge is 0.243 e. The third-order valence-electron chi connectivity index (χ3n) is 5.60. The standard InChI is InChI=1S/C21H23FN6O4S/c1-14-24-25-26-28(14)16-3-8-19(22)20(13-16)23-21(29)15-9-11-27(12-10-15)33(30,31)18-6-4-17(32-2)5-7-18/h3-8,13,15H,9-12H2,1-2H3,(H,23,29). The summed E-state index contributed by atoms with van der Waals surface area (Å²) in [6, 6.07) is 10.4. The summed E-state index contributed by atoms with van der Waals surface area (Å²) in [4.78, 5) is 12.9. The van der Waals surface area contributed by atoms with Crippen LogP contribution >= 0.6 is 0 Å². The van der Waals surface area contributed by atoms with E-state index in [-0.39, 0.29) is 29.6 Å². The van der Waals surface area contributed by atoms with E-state index in [9.17, 15) is 17.6 Å². The quantitative estimate of drug-likeness (QED) is 0.581. The van der Waals surface area contributed by atoms with Crippen molar-refractivity contribution in [3.05, 3.63) is 54.1 Å². The van der Waals surface area contributed by atoms with Gasteiger partial charge in [0.05, 0.1) is 23.4 Å². The third kappa shape index (κ3) is 4.71. The lowest BCUT2D eigenvalue weighted by atomic mass is 9.97. The van der Waals surface area contributed by atoms with Crippen LogP contribution in [0.5, 0.6) is 5.75 Å². The molecular weight excluding hydrogens is 451 g/mol. The van der Waals surface area contributed by atoms with Crippen LogP contribution in [0.2, 0.25) is 0 Å². The van der Waals surface area contributed by atoms with Crippen molar-refractivity contribution >= 4 is 21.6 Å². The highest BCUT2D eigenvalue weighted by molar-refractivity contribution is 7.89. The highest BCUT2D eigenvalue weighted by Gasteiger charge is 2.32. The Morgan fingerprint density at radius 1 is 1.15 bits per heavy atom. The van der Waals surface area contributed by atoms with Crippen molar-refractivity contribution in [1.82, 2.24) is 24.5 Å². The Labute approximate surface area is 190 Å². The molecule has 1 fully saturated rings. The number of rotatable bonds is 6. The number of tetrazole rings is 1. The molecule has 1 aromatic heterocycles. The first-order chi connectivity index (χ1) is 15.8. The monoisotopic (exact) mass is 474 g/mol. The summed E-state index contributed by atoms with van der Waals surface area (Å²) in [6.07, 6.45) is 0.656. The Hall–Kier alpha value is -3.38. The first-order valence-electron chi connectivity index (χ1n) is 10.3. The highest BCUT2D eigenvalue weighted by atomic mass is 32.2. The predicted octanol–water partition coefficient (Wildman–Crippen LogP) is 2.16. The molecule has 3 aromatic rings. The molecule has 1 N–H and O–H groups in total. The van der Waals surface area contributed by atoms with Gasteiger partial charge < -0.3 is 10.1 Å². The van der Waals surface area contributed by atoms with Gasteiger partial charge in [-0.25, -0.2) is 12.8 Å². The van der Waals surface area contributed by atoms with Gasteiger partial charge in [0, 0.05) is 19.0 Å². The summed E-state index contributed by atoms with van der Waals surface area (Å²) in [7, 11) is -2.16. The molecule has 1 saturated heterocycles. The molecule has 1 aliphatic heterocycles. The zero-order valence-electron chi connectivity index (χ0n) is 18.1. The normalized spacial score (nSPS) is 15.4. The Morgan fingerprint density at radius 2 is 1.85 bits per heavy atom. The predicted molar refractivity (Wildman–Crippen MR) is 117 cm³/mol. The molecule has 0 aliphatic carbocycles. The van der Waals surface area contributed by atoms with Crippen molar-refractivity contribution in [3.8, 4) is 11.4 Å². The number of aromatic nitrogens is 4. The molecular formula is C21H23FN6O4S. The minimum Gasteiger partial charge on any atom is -0.497 e. The number of anilines is 1. The van der Waals surface area contributed by atoms with E-state index < -0.39 is 21.8 Å². The van der Waals surface area contributed by atoms with E-state index in [4.69, 9.17) is 4.74 Å². The van der Waals surface area contributed by atoms with E-state index in [0.29, 0.717) is 30.1 Å². The number of piperidine rings is 1. The number of nitrogens with zero attached hydrogens (tertiary/aromatic N) is 5. The zero-order valence-corrected chi connectivity index (χ0v) is 18.9. The number of nitrogens with one attached hydrogen (secondary N) is 1. The van der Waals surface area contributed by atoms with Crippen LogP contribution in [-0.2, 0) is 14.8 Å². The van der Waals surface area contributed by atoms with Crippen molar-refractivity contribution in [2.24, 2.45) is 5.92 Å². The van der Waals surface area contributed by atoms with Crippen molar-refractivity contribution in [2.75, 3.05) is 25.5 Å². The van der Waals surface area contributed by atoms with Gasteiger partial charge in [-0.05, 0) is 72.7 Å². The average Bonchev–Trinajstić information content (AvgIpc) is 3.26. The Morgan fingerprint density at radius 3 is 2.45 bits per heavy atom.